The molecule has 34 heavy (non-hydrogen) atoms. The highest BCUT2D eigenvalue weighted by atomic mass is 79.9. The van der Waals surface area contributed by atoms with Gasteiger partial charge < -0.3 is 14.2 Å². The minimum atomic E-state index is -0.647. The van der Waals surface area contributed by atoms with Crippen LogP contribution in [0.25, 0.3) is 6.08 Å². The first-order valence-electron chi connectivity index (χ1n) is 10.4. The Morgan fingerprint density at radius 1 is 1.24 bits per heavy atom. The molecule has 5 rings (SSSR count). The number of esters is 1. The molecule has 0 bridgehead atoms. The number of carbonyl (C=O) groups excluding carboxylic acids is 1. The monoisotopic (exact) mass is 604 g/mol. The van der Waals surface area contributed by atoms with Crippen molar-refractivity contribution in [3.05, 3.63) is 87.4 Å². The molecule has 1 atom stereocenters. The molecule has 2 aliphatic rings. The highest BCUT2D eigenvalue weighted by molar-refractivity contribution is 9.10. The van der Waals surface area contributed by atoms with E-state index in [0.717, 1.165) is 20.1 Å². The van der Waals surface area contributed by atoms with Crippen LogP contribution < -0.4 is 24.4 Å². The number of rotatable bonds is 4. The van der Waals surface area contributed by atoms with Crippen LogP contribution in [0, 0.1) is 0 Å². The van der Waals surface area contributed by atoms with E-state index in [1.807, 2.05) is 36.4 Å². The second kappa shape index (κ2) is 9.16. The van der Waals surface area contributed by atoms with Crippen molar-refractivity contribution in [1.29, 1.82) is 0 Å². The molecule has 0 aliphatic carbocycles. The van der Waals surface area contributed by atoms with Crippen LogP contribution in [0.5, 0.6) is 11.5 Å². The van der Waals surface area contributed by atoms with E-state index in [0.29, 0.717) is 32.1 Å². The molecule has 0 N–H and O–H groups in total. The highest BCUT2D eigenvalue weighted by Crippen LogP contribution is 2.37. The molecule has 0 spiro atoms. The summed E-state index contributed by atoms with van der Waals surface area (Å²) in [6, 6.07) is 10.5. The number of ether oxygens (including phenoxy) is 3. The Labute approximate surface area is 215 Å². The zero-order valence-electron chi connectivity index (χ0n) is 18.1. The smallest absolute Gasteiger partial charge is 0.338 e. The predicted octanol–water partition coefficient (Wildman–Crippen LogP) is 4.05. The van der Waals surface area contributed by atoms with E-state index >= 15 is 0 Å². The molecule has 3 heterocycles. The third kappa shape index (κ3) is 4.03. The fraction of sp³-hybridized carbons (Fsp3) is 0.208. The second-order valence-corrected chi connectivity index (χ2v) is 10.4. The summed E-state index contributed by atoms with van der Waals surface area (Å²) in [7, 11) is 0. The average molecular weight is 606 g/mol. The van der Waals surface area contributed by atoms with Crippen LogP contribution in [0.4, 0.5) is 0 Å². The van der Waals surface area contributed by atoms with Crippen LogP contribution >= 0.6 is 43.2 Å². The number of thiazole rings is 1. The van der Waals surface area contributed by atoms with Crippen LogP contribution in [0.1, 0.15) is 31.0 Å². The number of benzene rings is 2. The Kier molecular flexibility index (Phi) is 6.22. The molecular weight excluding hydrogens is 588 g/mol. The first kappa shape index (κ1) is 23.1. The normalized spacial score (nSPS) is 16.9. The molecule has 174 valence electrons. The molecule has 0 saturated carbocycles. The summed E-state index contributed by atoms with van der Waals surface area (Å²) >= 11 is 8.27. The van der Waals surface area contributed by atoms with Gasteiger partial charge in [-0.25, -0.2) is 9.79 Å². The Morgan fingerprint density at radius 2 is 1.94 bits per heavy atom. The van der Waals surface area contributed by atoms with Gasteiger partial charge >= 0.3 is 5.97 Å². The van der Waals surface area contributed by atoms with Gasteiger partial charge in [-0.3, -0.25) is 9.36 Å². The van der Waals surface area contributed by atoms with Gasteiger partial charge in [0.05, 0.1) is 28.5 Å². The van der Waals surface area contributed by atoms with Crippen LogP contribution in [0.2, 0.25) is 0 Å². The number of aromatic nitrogens is 1. The van der Waals surface area contributed by atoms with Gasteiger partial charge in [-0.2, -0.15) is 0 Å². The van der Waals surface area contributed by atoms with Crippen molar-refractivity contribution >= 4 is 55.2 Å². The van der Waals surface area contributed by atoms with E-state index in [2.05, 4.69) is 36.9 Å². The van der Waals surface area contributed by atoms with E-state index in [1.165, 1.54) is 11.3 Å². The third-order valence-electron chi connectivity index (χ3n) is 5.48. The number of nitrogens with zero attached hydrogens (tertiary/aromatic N) is 2. The van der Waals surface area contributed by atoms with E-state index in [4.69, 9.17) is 14.2 Å². The lowest BCUT2D eigenvalue weighted by molar-refractivity contribution is -0.139. The Hall–Kier alpha value is -2.69. The summed E-state index contributed by atoms with van der Waals surface area (Å²) < 4.78 is 19.9. The van der Waals surface area contributed by atoms with Crippen molar-refractivity contribution in [2.45, 2.75) is 19.9 Å². The predicted molar refractivity (Wildman–Crippen MR) is 135 cm³/mol. The molecule has 0 fully saturated rings. The van der Waals surface area contributed by atoms with Crippen LogP contribution in [0.15, 0.2) is 66.4 Å². The number of hydrogen-bond donors (Lipinski definition) is 0. The van der Waals surface area contributed by atoms with Crippen molar-refractivity contribution in [2.75, 3.05) is 13.4 Å². The number of allylic oxidation sites excluding steroid dienone is 1. The standard InChI is InChI=1S/C24H18Br2N2O5S/c1-3-31-23(30)20-12(2)27-24-28(21(20)13-4-6-15(25)7-5-13)22(29)19(34-24)9-14-8-17-18(10-16(14)26)33-11-32-17/h4-10,21H,3,11H2,1-2H3/t21-/m0/s1. The number of carbonyl (C=O) groups is 1. The third-order valence-corrected chi connectivity index (χ3v) is 7.68. The topological polar surface area (TPSA) is 79.1 Å². The van der Waals surface area contributed by atoms with Crippen molar-refractivity contribution in [3.8, 4) is 11.5 Å². The van der Waals surface area contributed by atoms with E-state index < -0.39 is 12.0 Å². The summed E-state index contributed by atoms with van der Waals surface area (Å²) in [4.78, 5) is 31.7. The van der Waals surface area contributed by atoms with Crippen molar-refractivity contribution in [3.63, 3.8) is 0 Å². The minimum Gasteiger partial charge on any atom is -0.463 e. The Balaban J connectivity index is 1.71. The number of halogens is 2. The van der Waals surface area contributed by atoms with E-state index in [9.17, 15) is 9.59 Å². The first-order valence-corrected chi connectivity index (χ1v) is 12.8. The van der Waals surface area contributed by atoms with Gasteiger partial charge in [0.25, 0.3) is 5.56 Å². The van der Waals surface area contributed by atoms with Crippen molar-refractivity contribution in [1.82, 2.24) is 4.57 Å². The highest BCUT2D eigenvalue weighted by Gasteiger charge is 2.33. The molecule has 0 radical (unpaired) electrons. The molecule has 7 nitrogen and oxygen atoms in total. The zero-order chi connectivity index (χ0) is 24.0. The van der Waals surface area contributed by atoms with Gasteiger partial charge in [0, 0.05) is 8.95 Å². The maximum Gasteiger partial charge on any atom is 0.338 e. The Bertz CT molecular complexity index is 1520. The molecule has 0 unspecified atom stereocenters. The first-order chi connectivity index (χ1) is 16.4. The maximum atomic E-state index is 13.7. The number of fused-ring (bicyclic) bond motifs is 2. The van der Waals surface area contributed by atoms with Crippen LogP contribution in [-0.4, -0.2) is 23.9 Å². The van der Waals surface area contributed by atoms with Crippen LogP contribution in [-0.2, 0) is 9.53 Å². The van der Waals surface area contributed by atoms with Gasteiger partial charge in [0.2, 0.25) is 6.79 Å². The molecule has 0 saturated heterocycles. The van der Waals surface area contributed by atoms with Gasteiger partial charge in [-0.15, -0.1) is 0 Å². The Morgan fingerprint density at radius 3 is 2.65 bits per heavy atom. The van der Waals surface area contributed by atoms with Crippen molar-refractivity contribution < 1.29 is 19.0 Å². The SMILES string of the molecule is CCOC(=O)C1=C(C)N=c2sc(=Cc3cc4c(cc3Br)OCO4)c(=O)n2[C@H]1c1ccc(Br)cc1. The van der Waals surface area contributed by atoms with Gasteiger partial charge in [0.15, 0.2) is 16.3 Å². The average Bonchev–Trinajstić information content (AvgIpc) is 3.37. The fourth-order valence-corrected chi connectivity index (χ4v) is 5.68. The summed E-state index contributed by atoms with van der Waals surface area (Å²) in [6.45, 7) is 3.91. The maximum absolute atomic E-state index is 13.7. The van der Waals surface area contributed by atoms with Gasteiger partial charge in [-0.05, 0) is 55.3 Å². The molecule has 1 aromatic heterocycles. The van der Waals surface area contributed by atoms with Gasteiger partial charge in [-0.1, -0.05) is 55.3 Å². The molecule has 3 aromatic rings. The summed E-state index contributed by atoms with van der Waals surface area (Å²) in [5, 5.41) is 0. The molecule has 10 heteroatoms. The lowest BCUT2D eigenvalue weighted by Crippen LogP contribution is -2.39. The van der Waals surface area contributed by atoms with Gasteiger partial charge in [0.1, 0.15) is 0 Å². The molecule has 2 aromatic carbocycles. The minimum absolute atomic E-state index is 0.163. The zero-order valence-corrected chi connectivity index (χ0v) is 22.1. The largest absolute Gasteiger partial charge is 0.463 e. The lowest BCUT2D eigenvalue weighted by Gasteiger charge is -2.24. The van der Waals surface area contributed by atoms with E-state index in [1.54, 1.807) is 24.5 Å². The summed E-state index contributed by atoms with van der Waals surface area (Å²) in [5.41, 5.74) is 2.21. The molecular formula is C24H18Br2N2O5S. The quantitative estimate of drug-likeness (QED) is 0.419. The summed E-state index contributed by atoms with van der Waals surface area (Å²) in [5.74, 6) is 0.787. The molecule has 2 aliphatic heterocycles. The summed E-state index contributed by atoms with van der Waals surface area (Å²) in [6.07, 6.45) is 1.79. The van der Waals surface area contributed by atoms with E-state index in [-0.39, 0.29) is 19.0 Å². The van der Waals surface area contributed by atoms with Crippen molar-refractivity contribution in [2.24, 2.45) is 4.99 Å². The lowest BCUT2D eigenvalue weighted by atomic mass is 9.96. The van der Waals surface area contributed by atoms with Crippen LogP contribution in [0.3, 0.4) is 0 Å². The molecule has 0 amide bonds. The second-order valence-electron chi connectivity index (χ2n) is 7.58. The fourth-order valence-electron chi connectivity index (χ4n) is 3.94. The number of hydrogen-bond acceptors (Lipinski definition) is 7.